The van der Waals surface area contributed by atoms with Gasteiger partial charge in [0.25, 0.3) is 0 Å². The molecule has 0 atom stereocenters. The number of nitrogens with zero attached hydrogens (tertiary/aromatic N) is 1. The summed E-state index contributed by atoms with van der Waals surface area (Å²) in [6.45, 7) is 6.50. The van der Waals surface area contributed by atoms with Gasteiger partial charge in [0, 0.05) is 31.8 Å². The Labute approximate surface area is 113 Å². The number of amides is 1. The largest absolute Gasteiger partial charge is 0.481 e. The molecule has 2 N–H and O–H groups in total. The van der Waals surface area contributed by atoms with Crippen LogP contribution in [0.25, 0.3) is 0 Å². The van der Waals surface area contributed by atoms with Crippen LogP contribution in [0.15, 0.2) is 11.1 Å². The lowest BCUT2D eigenvalue weighted by molar-refractivity contribution is -0.154. The van der Waals surface area contributed by atoms with Crippen molar-refractivity contribution in [2.45, 2.75) is 33.1 Å². The molecule has 0 aromatic carbocycles. The number of carbonyl (C=O) groups excluding carboxylic acids is 1. The molecule has 19 heavy (non-hydrogen) atoms. The van der Waals surface area contributed by atoms with E-state index in [9.17, 15) is 14.7 Å². The second-order valence-corrected chi connectivity index (χ2v) is 5.56. The summed E-state index contributed by atoms with van der Waals surface area (Å²) in [5, 5.41) is 12.5. The molecule has 1 amide bonds. The van der Waals surface area contributed by atoms with Crippen LogP contribution in [0.2, 0.25) is 0 Å². The summed E-state index contributed by atoms with van der Waals surface area (Å²) in [6, 6.07) is 0. The summed E-state index contributed by atoms with van der Waals surface area (Å²) in [6.07, 6.45) is 1.76. The number of hydrogen-bond acceptors (Lipinski definition) is 3. The number of carboxylic acids is 1. The molecule has 0 aromatic rings. The van der Waals surface area contributed by atoms with Gasteiger partial charge < -0.3 is 15.3 Å². The van der Waals surface area contributed by atoms with Crippen molar-refractivity contribution in [2.24, 2.45) is 5.41 Å². The van der Waals surface area contributed by atoms with E-state index in [1.165, 1.54) is 5.57 Å². The highest BCUT2D eigenvalue weighted by atomic mass is 16.4. The highest BCUT2D eigenvalue weighted by Gasteiger charge is 2.41. The molecule has 0 unspecified atom stereocenters. The molecule has 0 bridgehead atoms. The van der Waals surface area contributed by atoms with Crippen molar-refractivity contribution in [2.75, 3.05) is 26.2 Å². The third-order valence-corrected chi connectivity index (χ3v) is 4.67. The zero-order chi connectivity index (χ0) is 14.0. The van der Waals surface area contributed by atoms with Gasteiger partial charge in [0.1, 0.15) is 0 Å². The Hall–Kier alpha value is -1.36. The minimum atomic E-state index is -0.722. The van der Waals surface area contributed by atoms with Crippen LogP contribution >= 0.6 is 0 Å². The van der Waals surface area contributed by atoms with E-state index in [1.54, 1.807) is 4.90 Å². The Balaban J connectivity index is 2.00. The van der Waals surface area contributed by atoms with Gasteiger partial charge in [0.15, 0.2) is 0 Å². The number of aliphatic carboxylic acids is 1. The first-order valence-corrected chi connectivity index (χ1v) is 6.92. The zero-order valence-electron chi connectivity index (χ0n) is 11.7. The molecule has 5 heteroatoms. The Morgan fingerprint density at radius 1 is 1.32 bits per heavy atom. The first-order chi connectivity index (χ1) is 9.00. The number of hydrogen-bond donors (Lipinski definition) is 2. The molecule has 0 aromatic heterocycles. The van der Waals surface area contributed by atoms with Crippen LogP contribution in [-0.4, -0.2) is 48.1 Å². The Morgan fingerprint density at radius 2 is 1.89 bits per heavy atom. The van der Waals surface area contributed by atoms with Crippen molar-refractivity contribution in [3.05, 3.63) is 11.1 Å². The molecule has 5 nitrogen and oxygen atoms in total. The summed E-state index contributed by atoms with van der Waals surface area (Å²) in [7, 11) is 0. The van der Waals surface area contributed by atoms with Crippen molar-refractivity contribution < 1.29 is 14.7 Å². The first kappa shape index (κ1) is 14.1. The first-order valence-electron chi connectivity index (χ1n) is 6.92. The van der Waals surface area contributed by atoms with E-state index in [0.717, 1.165) is 18.7 Å². The lowest BCUT2D eigenvalue weighted by Crippen LogP contribution is -2.47. The number of nitrogens with one attached hydrogen (secondary N) is 1. The smallest absolute Gasteiger partial charge is 0.309 e. The van der Waals surface area contributed by atoms with Crippen LogP contribution < -0.4 is 5.32 Å². The predicted molar refractivity (Wildman–Crippen MR) is 71.7 cm³/mol. The topological polar surface area (TPSA) is 69.6 Å². The molecule has 2 aliphatic rings. The van der Waals surface area contributed by atoms with Crippen molar-refractivity contribution in [3.8, 4) is 0 Å². The Bertz CT molecular complexity index is 414. The molecule has 0 saturated carbocycles. The van der Waals surface area contributed by atoms with Crippen molar-refractivity contribution in [1.82, 2.24) is 10.2 Å². The number of rotatable bonds is 3. The fourth-order valence-corrected chi connectivity index (χ4v) is 2.76. The highest BCUT2D eigenvalue weighted by Crippen LogP contribution is 2.35. The molecule has 0 aliphatic carbocycles. The van der Waals surface area contributed by atoms with Crippen LogP contribution in [0.4, 0.5) is 0 Å². The summed E-state index contributed by atoms with van der Waals surface area (Å²) < 4.78 is 0. The molecular formula is C14H22N2O3. The van der Waals surface area contributed by atoms with Crippen LogP contribution in [-0.2, 0) is 9.59 Å². The predicted octanol–water partition coefficient (Wildman–Crippen LogP) is 1.01. The van der Waals surface area contributed by atoms with E-state index >= 15 is 0 Å². The molecule has 2 rings (SSSR count). The van der Waals surface area contributed by atoms with Crippen LogP contribution in [0.5, 0.6) is 0 Å². The third kappa shape index (κ3) is 2.52. The summed E-state index contributed by atoms with van der Waals surface area (Å²) in [5.74, 6) is -0.646. The van der Waals surface area contributed by atoms with E-state index in [0.29, 0.717) is 32.4 Å². The quantitative estimate of drug-likeness (QED) is 0.748. The van der Waals surface area contributed by atoms with Crippen molar-refractivity contribution in [1.29, 1.82) is 0 Å². The molecule has 106 valence electrons. The van der Waals surface area contributed by atoms with Gasteiger partial charge in [-0.05, 0) is 31.8 Å². The molecule has 2 aliphatic heterocycles. The minimum absolute atomic E-state index is 0.0755. The van der Waals surface area contributed by atoms with Crippen LogP contribution in [0.3, 0.4) is 0 Å². The second kappa shape index (κ2) is 5.33. The fourth-order valence-electron chi connectivity index (χ4n) is 2.76. The average Bonchev–Trinajstić information content (AvgIpc) is 2.35. The molecule has 0 radical (unpaired) electrons. The highest BCUT2D eigenvalue weighted by molar-refractivity contribution is 5.94. The second-order valence-electron chi connectivity index (χ2n) is 5.56. The molecule has 2 fully saturated rings. The fraction of sp³-hybridized carbons (Fsp3) is 0.714. The summed E-state index contributed by atoms with van der Waals surface area (Å²) in [5.41, 5.74) is 1.38. The standard InChI is InChI=1S/C14H22N2O3/c1-3-14(13(18)19)4-6-16(7-5-14)12(17)10(2)11-8-15-9-11/h15H,3-9H2,1-2H3,(H,18,19). The van der Waals surface area contributed by atoms with Gasteiger partial charge in [-0.3, -0.25) is 9.59 Å². The third-order valence-electron chi connectivity index (χ3n) is 4.67. The van der Waals surface area contributed by atoms with Gasteiger partial charge >= 0.3 is 5.97 Å². The maximum Gasteiger partial charge on any atom is 0.309 e. The normalized spacial score (nSPS) is 21.8. The van der Waals surface area contributed by atoms with Gasteiger partial charge in [-0.15, -0.1) is 0 Å². The zero-order valence-corrected chi connectivity index (χ0v) is 11.7. The summed E-state index contributed by atoms with van der Waals surface area (Å²) in [4.78, 5) is 25.5. The minimum Gasteiger partial charge on any atom is -0.481 e. The SMILES string of the molecule is CCC1(C(=O)O)CCN(C(=O)C(C)=C2CNC2)CC1. The number of piperidine rings is 1. The van der Waals surface area contributed by atoms with Gasteiger partial charge in [0.05, 0.1) is 5.41 Å². The lowest BCUT2D eigenvalue weighted by atomic mass is 9.76. The molecular weight excluding hydrogens is 244 g/mol. The Kier molecular flexibility index (Phi) is 3.94. The Morgan fingerprint density at radius 3 is 2.26 bits per heavy atom. The monoisotopic (exact) mass is 266 g/mol. The number of carbonyl (C=O) groups is 2. The number of likely N-dealkylation sites (tertiary alicyclic amines) is 1. The van der Waals surface area contributed by atoms with E-state index in [4.69, 9.17) is 0 Å². The van der Waals surface area contributed by atoms with E-state index < -0.39 is 11.4 Å². The molecule has 2 saturated heterocycles. The molecule has 0 spiro atoms. The van der Waals surface area contributed by atoms with Crippen LogP contribution in [0, 0.1) is 5.41 Å². The molecule has 2 heterocycles. The average molecular weight is 266 g/mol. The van der Waals surface area contributed by atoms with E-state index in [2.05, 4.69) is 5.32 Å². The maximum atomic E-state index is 12.3. The number of carboxylic acid groups (broad SMARTS) is 1. The lowest BCUT2D eigenvalue weighted by Gasteiger charge is -2.39. The van der Waals surface area contributed by atoms with Crippen LogP contribution in [0.1, 0.15) is 33.1 Å². The maximum absolute atomic E-state index is 12.3. The van der Waals surface area contributed by atoms with Gasteiger partial charge in [-0.2, -0.15) is 0 Å². The van der Waals surface area contributed by atoms with Gasteiger partial charge in [0.2, 0.25) is 5.91 Å². The van der Waals surface area contributed by atoms with Gasteiger partial charge in [-0.25, -0.2) is 0 Å². The van der Waals surface area contributed by atoms with E-state index in [1.807, 2.05) is 13.8 Å². The summed E-state index contributed by atoms with van der Waals surface area (Å²) >= 11 is 0. The van der Waals surface area contributed by atoms with Gasteiger partial charge in [-0.1, -0.05) is 6.92 Å². The van der Waals surface area contributed by atoms with E-state index in [-0.39, 0.29) is 5.91 Å². The van der Waals surface area contributed by atoms with Crippen molar-refractivity contribution >= 4 is 11.9 Å². The van der Waals surface area contributed by atoms with Crippen molar-refractivity contribution in [3.63, 3.8) is 0 Å².